The molecule has 0 bridgehead atoms. The van der Waals surface area contributed by atoms with E-state index in [1.165, 1.54) is 11.1 Å². The van der Waals surface area contributed by atoms with Gasteiger partial charge in [0, 0.05) is 21.7 Å². The number of halogens is 2. The van der Waals surface area contributed by atoms with Gasteiger partial charge in [-0.3, -0.25) is 0 Å². The van der Waals surface area contributed by atoms with Gasteiger partial charge in [0.15, 0.2) is 0 Å². The molecule has 0 atom stereocenters. The van der Waals surface area contributed by atoms with Crippen LogP contribution in [-0.2, 0) is 6.54 Å². The van der Waals surface area contributed by atoms with Gasteiger partial charge in [-0.05, 0) is 48.4 Å². The highest BCUT2D eigenvalue weighted by molar-refractivity contribution is 9.10. The second-order valence-corrected chi connectivity index (χ2v) is 5.29. The first-order chi connectivity index (χ1) is 8.15. The molecule has 1 nitrogen and oxygen atoms in total. The van der Waals surface area contributed by atoms with Gasteiger partial charge in [-0.25, -0.2) is 0 Å². The Morgan fingerprint density at radius 1 is 1.18 bits per heavy atom. The monoisotopic (exact) mass is 309 g/mol. The summed E-state index contributed by atoms with van der Waals surface area (Å²) in [4.78, 5) is 0. The Labute approximate surface area is 115 Å². The zero-order valence-corrected chi connectivity index (χ0v) is 11.8. The van der Waals surface area contributed by atoms with E-state index in [4.69, 9.17) is 11.6 Å². The minimum Gasteiger partial charge on any atom is -0.381 e. The molecular weight excluding hydrogens is 298 g/mol. The summed E-state index contributed by atoms with van der Waals surface area (Å²) >= 11 is 9.38. The summed E-state index contributed by atoms with van der Waals surface area (Å²) in [5.74, 6) is 0. The van der Waals surface area contributed by atoms with Gasteiger partial charge in [-0.1, -0.05) is 39.7 Å². The van der Waals surface area contributed by atoms with E-state index in [0.717, 1.165) is 21.7 Å². The highest BCUT2D eigenvalue weighted by Crippen LogP contribution is 2.19. The number of aryl methyl sites for hydroxylation is 1. The van der Waals surface area contributed by atoms with Crippen LogP contribution < -0.4 is 5.32 Å². The average Bonchev–Trinajstić information content (AvgIpc) is 2.28. The van der Waals surface area contributed by atoms with Crippen LogP contribution in [0.4, 0.5) is 5.69 Å². The lowest BCUT2D eigenvalue weighted by molar-refractivity contribution is 1.12. The lowest BCUT2D eigenvalue weighted by Gasteiger charge is -2.09. The van der Waals surface area contributed by atoms with Gasteiger partial charge < -0.3 is 5.32 Å². The van der Waals surface area contributed by atoms with Crippen molar-refractivity contribution in [2.45, 2.75) is 13.5 Å². The predicted molar refractivity (Wildman–Crippen MR) is 77.7 cm³/mol. The molecule has 0 spiro atoms. The second-order valence-electron chi connectivity index (χ2n) is 3.93. The van der Waals surface area contributed by atoms with Crippen molar-refractivity contribution in [2.24, 2.45) is 0 Å². The number of hydrogen-bond acceptors (Lipinski definition) is 1. The first-order valence-electron chi connectivity index (χ1n) is 5.39. The molecule has 0 saturated carbocycles. The highest BCUT2D eigenvalue weighted by Gasteiger charge is 1.99. The number of anilines is 1. The van der Waals surface area contributed by atoms with Crippen molar-refractivity contribution in [3.8, 4) is 0 Å². The number of nitrogens with one attached hydrogen (secondary N) is 1. The lowest BCUT2D eigenvalue weighted by atomic mass is 10.1. The van der Waals surface area contributed by atoms with Crippen LogP contribution in [-0.4, -0.2) is 0 Å². The summed E-state index contributed by atoms with van der Waals surface area (Å²) in [6.07, 6.45) is 0. The molecule has 0 saturated heterocycles. The average molecular weight is 311 g/mol. The first-order valence-corrected chi connectivity index (χ1v) is 6.57. The summed E-state index contributed by atoms with van der Waals surface area (Å²) in [6, 6.07) is 14.1. The maximum absolute atomic E-state index is 5.93. The van der Waals surface area contributed by atoms with E-state index in [-0.39, 0.29) is 0 Å². The Morgan fingerprint density at radius 3 is 2.71 bits per heavy atom. The van der Waals surface area contributed by atoms with Crippen molar-refractivity contribution < 1.29 is 0 Å². The molecule has 88 valence electrons. The predicted octanol–water partition coefficient (Wildman–Crippen LogP) is 5.02. The third-order valence-electron chi connectivity index (χ3n) is 2.61. The van der Waals surface area contributed by atoms with Crippen molar-refractivity contribution in [2.75, 3.05) is 5.32 Å². The molecule has 0 aliphatic rings. The molecule has 2 rings (SSSR count). The van der Waals surface area contributed by atoms with Crippen LogP contribution in [0.5, 0.6) is 0 Å². The van der Waals surface area contributed by atoms with Crippen LogP contribution in [0, 0.1) is 6.92 Å². The SMILES string of the molecule is Cc1cc(Cl)ccc1CNc1cccc(Br)c1. The fraction of sp³-hybridized carbons (Fsp3) is 0.143. The summed E-state index contributed by atoms with van der Waals surface area (Å²) < 4.78 is 1.08. The van der Waals surface area contributed by atoms with Gasteiger partial charge in [0.2, 0.25) is 0 Å². The number of rotatable bonds is 3. The molecule has 0 fully saturated rings. The molecular formula is C14H13BrClN. The topological polar surface area (TPSA) is 12.0 Å². The lowest BCUT2D eigenvalue weighted by Crippen LogP contribution is -2.01. The summed E-state index contributed by atoms with van der Waals surface area (Å²) in [7, 11) is 0. The standard InChI is InChI=1S/C14H13BrClN/c1-10-7-13(16)6-5-11(10)9-17-14-4-2-3-12(15)8-14/h2-8,17H,9H2,1H3. The molecule has 17 heavy (non-hydrogen) atoms. The van der Waals surface area contributed by atoms with Crippen LogP contribution in [0.3, 0.4) is 0 Å². The Bertz CT molecular complexity index is 525. The third-order valence-corrected chi connectivity index (χ3v) is 3.34. The second kappa shape index (κ2) is 5.56. The first kappa shape index (κ1) is 12.5. The molecule has 0 amide bonds. The van der Waals surface area contributed by atoms with Crippen molar-refractivity contribution in [1.82, 2.24) is 0 Å². The molecule has 0 unspecified atom stereocenters. The molecule has 0 heterocycles. The van der Waals surface area contributed by atoms with E-state index < -0.39 is 0 Å². The maximum Gasteiger partial charge on any atom is 0.0408 e. The zero-order chi connectivity index (χ0) is 12.3. The van der Waals surface area contributed by atoms with E-state index >= 15 is 0 Å². The summed E-state index contributed by atoms with van der Waals surface area (Å²) in [6.45, 7) is 2.88. The molecule has 1 N–H and O–H groups in total. The third kappa shape index (κ3) is 3.48. The fourth-order valence-electron chi connectivity index (χ4n) is 1.65. The molecule has 0 aliphatic heterocycles. The molecule has 3 heteroatoms. The molecule has 0 radical (unpaired) electrons. The van der Waals surface area contributed by atoms with E-state index in [2.05, 4.69) is 46.4 Å². The van der Waals surface area contributed by atoms with E-state index in [0.29, 0.717) is 0 Å². The Morgan fingerprint density at radius 2 is 2.00 bits per heavy atom. The Kier molecular flexibility index (Phi) is 4.08. The number of hydrogen-bond donors (Lipinski definition) is 1. The van der Waals surface area contributed by atoms with Gasteiger partial charge in [0.1, 0.15) is 0 Å². The summed E-state index contributed by atoms with van der Waals surface area (Å²) in [5, 5.41) is 4.17. The Hall–Kier alpha value is -0.990. The minimum atomic E-state index is 0.786. The molecule has 0 aliphatic carbocycles. The molecule has 2 aromatic rings. The van der Waals surface area contributed by atoms with Crippen LogP contribution in [0.1, 0.15) is 11.1 Å². The van der Waals surface area contributed by atoms with Crippen LogP contribution >= 0.6 is 27.5 Å². The number of benzene rings is 2. The van der Waals surface area contributed by atoms with Gasteiger partial charge in [0.25, 0.3) is 0 Å². The van der Waals surface area contributed by atoms with E-state index in [1.54, 1.807) is 0 Å². The summed E-state index contributed by atoms with van der Waals surface area (Å²) in [5.41, 5.74) is 3.57. The van der Waals surface area contributed by atoms with Crippen LogP contribution in [0.15, 0.2) is 46.9 Å². The largest absolute Gasteiger partial charge is 0.381 e. The van der Waals surface area contributed by atoms with Gasteiger partial charge in [-0.2, -0.15) is 0 Å². The Balaban J connectivity index is 2.07. The smallest absolute Gasteiger partial charge is 0.0408 e. The van der Waals surface area contributed by atoms with Gasteiger partial charge in [0.05, 0.1) is 0 Å². The fourth-order valence-corrected chi connectivity index (χ4v) is 2.28. The van der Waals surface area contributed by atoms with Crippen molar-refractivity contribution in [3.63, 3.8) is 0 Å². The zero-order valence-electron chi connectivity index (χ0n) is 9.50. The van der Waals surface area contributed by atoms with Crippen LogP contribution in [0.2, 0.25) is 5.02 Å². The van der Waals surface area contributed by atoms with E-state index in [9.17, 15) is 0 Å². The quantitative estimate of drug-likeness (QED) is 0.839. The van der Waals surface area contributed by atoms with Gasteiger partial charge >= 0.3 is 0 Å². The van der Waals surface area contributed by atoms with Crippen molar-refractivity contribution in [3.05, 3.63) is 63.1 Å². The normalized spacial score (nSPS) is 10.3. The molecule has 0 aromatic heterocycles. The molecule has 2 aromatic carbocycles. The van der Waals surface area contributed by atoms with Crippen molar-refractivity contribution in [1.29, 1.82) is 0 Å². The van der Waals surface area contributed by atoms with Crippen LogP contribution in [0.25, 0.3) is 0 Å². The van der Waals surface area contributed by atoms with E-state index in [1.807, 2.05) is 24.3 Å². The highest BCUT2D eigenvalue weighted by atomic mass is 79.9. The maximum atomic E-state index is 5.93. The van der Waals surface area contributed by atoms with Crippen molar-refractivity contribution >= 4 is 33.2 Å². The minimum absolute atomic E-state index is 0.786. The van der Waals surface area contributed by atoms with Gasteiger partial charge in [-0.15, -0.1) is 0 Å².